The Morgan fingerprint density at radius 1 is 0.931 bits per heavy atom. The summed E-state index contributed by atoms with van der Waals surface area (Å²) in [5, 5.41) is 2.51. The van der Waals surface area contributed by atoms with Crippen molar-refractivity contribution in [2.24, 2.45) is 11.8 Å². The van der Waals surface area contributed by atoms with E-state index in [9.17, 15) is 24.0 Å². The second-order valence-corrected chi connectivity index (χ2v) is 6.75. The molecule has 1 saturated heterocycles. The number of benzene rings is 1. The third-order valence-electron chi connectivity index (χ3n) is 4.96. The van der Waals surface area contributed by atoms with Crippen LogP contribution < -0.4 is 5.32 Å². The number of amides is 3. The molecule has 1 N–H and O–H groups in total. The Bertz CT molecular complexity index is 861. The molecule has 1 heterocycles. The molecule has 2 aliphatic rings. The first-order chi connectivity index (χ1) is 13.8. The molecule has 0 aromatic heterocycles. The maximum atomic E-state index is 12.5. The smallest absolute Gasteiger partial charge is 0.337 e. The Labute approximate surface area is 166 Å². The summed E-state index contributed by atoms with van der Waals surface area (Å²) >= 11 is 0. The van der Waals surface area contributed by atoms with E-state index in [0.29, 0.717) is 12.8 Å². The zero-order chi connectivity index (χ0) is 21.1. The highest BCUT2D eigenvalue weighted by Gasteiger charge is 2.47. The molecule has 2 atom stereocenters. The van der Waals surface area contributed by atoms with Crippen molar-refractivity contribution >= 4 is 35.3 Å². The van der Waals surface area contributed by atoms with Gasteiger partial charge in [0.25, 0.3) is 0 Å². The van der Waals surface area contributed by atoms with E-state index in [-0.39, 0.29) is 28.6 Å². The molecule has 29 heavy (non-hydrogen) atoms. The number of hydrogen-bond donors (Lipinski definition) is 1. The number of nitrogens with zero attached hydrogens (tertiary/aromatic N) is 1. The largest absolute Gasteiger partial charge is 0.465 e. The van der Waals surface area contributed by atoms with Crippen LogP contribution >= 0.6 is 0 Å². The quantitative estimate of drug-likeness (QED) is 0.447. The Morgan fingerprint density at radius 3 is 1.86 bits per heavy atom. The van der Waals surface area contributed by atoms with Gasteiger partial charge in [0.15, 0.2) is 0 Å². The molecule has 1 aromatic carbocycles. The fourth-order valence-electron chi connectivity index (χ4n) is 3.54. The Balaban J connectivity index is 1.76. The van der Waals surface area contributed by atoms with Crippen LogP contribution in [0.2, 0.25) is 0 Å². The van der Waals surface area contributed by atoms with Crippen LogP contribution in [0.3, 0.4) is 0 Å². The summed E-state index contributed by atoms with van der Waals surface area (Å²) in [5.74, 6) is -3.60. The third-order valence-corrected chi connectivity index (χ3v) is 4.96. The van der Waals surface area contributed by atoms with E-state index in [2.05, 4.69) is 14.8 Å². The summed E-state index contributed by atoms with van der Waals surface area (Å²) in [6, 6.07) is 3.93. The molecule has 1 aliphatic carbocycles. The van der Waals surface area contributed by atoms with Crippen molar-refractivity contribution in [2.75, 3.05) is 26.1 Å². The van der Waals surface area contributed by atoms with Gasteiger partial charge in [-0.25, -0.2) is 9.59 Å². The molecule has 2 unspecified atom stereocenters. The van der Waals surface area contributed by atoms with Gasteiger partial charge < -0.3 is 14.8 Å². The lowest BCUT2D eigenvalue weighted by Gasteiger charge is -2.15. The Morgan fingerprint density at radius 2 is 1.41 bits per heavy atom. The number of rotatable bonds is 5. The van der Waals surface area contributed by atoms with Crippen LogP contribution in [0.4, 0.5) is 5.69 Å². The van der Waals surface area contributed by atoms with Crippen LogP contribution in [0.1, 0.15) is 33.6 Å². The highest BCUT2D eigenvalue weighted by molar-refractivity contribution is 6.09. The molecule has 1 aromatic rings. The summed E-state index contributed by atoms with van der Waals surface area (Å²) in [4.78, 5) is 62.0. The molecule has 1 aliphatic heterocycles. The van der Waals surface area contributed by atoms with Crippen LogP contribution in [0.15, 0.2) is 30.4 Å². The molecule has 0 radical (unpaired) electrons. The van der Waals surface area contributed by atoms with Gasteiger partial charge in [0, 0.05) is 5.69 Å². The number of allylic oxidation sites excluding steroid dienone is 2. The van der Waals surface area contributed by atoms with Gasteiger partial charge in [-0.3, -0.25) is 19.3 Å². The predicted octanol–water partition coefficient (Wildman–Crippen LogP) is 1.15. The van der Waals surface area contributed by atoms with E-state index in [1.54, 1.807) is 0 Å². The number of anilines is 1. The first kappa shape index (κ1) is 20.2. The lowest BCUT2D eigenvalue weighted by molar-refractivity contribution is -0.142. The number of ether oxygens (including phenoxy) is 2. The zero-order valence-corrected chi connectivity index (χ0v) is 16.0. The van der Waals surface area contributed by atoms with E-state index in [0.717, 1.165) is 4.90 Å². The molecule has 0 spiro atoms. The second-order valence-electron chi connectivity index (χ2n) is 6.75. The highest BCUT2D eigenvalue weighted by Crippen LogP contribution is 2.34. The van der Waals surface area contributed by atoms with Gasteiger partial charge in [-0.2, -0.15) is 0 Å². The molecule has 0 bridgehead atoms. The number of methoxy groups -OCH3 is 2. The first-order valence-corrected chi connectivity index (χ1v) is 8.97. The fraction of sp³-hybridized carbons (Fsp3) is 0.350. The molecular weight excluding hydrogens is 380 g/mol. The van der Waals surface area contributed by atoms with E-state index in [1.807, 2.05) is 12.2 Å². The normalized spacial score (nSPS) is 20.3. The minimum atomic E-state index is -0.701. The van der Waals surface area contributed by atoms with Gasteiger partial charge in [-0.05, 0) is 31.0 Å². The number of esters is 2. The summed E-state index contributed by atoms with van der Waals surface area (Å²) in [6.45, 7) is -0.444. The fourth-order valence-corrected chi connectivity index (χ4v) is 3.54. The van der Waals surface area contributed by atoms with Crippen LogP contribution in [0.5, 0.6) is 0 Å². The minimum Gasteiger partial charge on any atom is -0.465 e. The van der Waals surface area contributed by atoms with Crippen molar-refractivity contribution in [3.63, 3.8) is 0 Å². The molecular formula is C20H20N2O7. The minimum absolute atomic E-state index is 0.0381. The van der Waals surface area contributed by atoms with Crippen LogP contribution in [-0.2, 0) is 23.9 Å². The number of imide groups is 1. The molecule has 3 rings (SSSR count). The SMILES string of the molecule is COC(=O)c1cc(NC(=O)CN2C(=O)C3CC=CCC3C2=O)cc(C(=O)OC)c1. The van der Waals surface area contributed by atoms with Crippen LogP contribution in [0.25, 0.3) is 0 Å². The number of carbonyl (C=O) groups excluding carboxylic acids is 5. The van der Waals surface area contributed by atoms with E-state index in [1.165, 1.54) is 32.4 Å². The molecule has 3 amide bonds. The average molecular weight is 400 g/mol. The lowest BCUT2D eigenvalue weighted by Crippen LogP contribution is -2.38. The van der Waals surface area contributed by atoms with Crippen molar-refractivity contribution in [2.45, 2.75) is 12.8 Å². The summed E-state index contributed by atoms with van der Waals surface area (Å²) in [6.07, 6.45) is 4.69. The molecule has 0 saturated carbocycles. The van der Waals surface area contributed by atoms with Gasteiger partial charge in [-0.15, -0.1) is 0 Å². The third kappa shape index (κ3) is 4.03. The number of nitrogens with one attached hydrogen (secondary N) is 1. The topological polar surface area (TPSA) is 119 Å². The number of carbonyl (C=O) groups is 5. The van der Waals surface area contributed by atoms with Gasteiger partial charge in [0.1, 0.15) is 6.54 Å². The van der Waals surface area contributed by atoms with Crippen LogP contribution in [-0.4, -0.2) is 55.3 Å². The zero-order valence-electron chi connectivity index (χ0n) is 16.0. The highest BCUT2D eigenvalue weighted by atomic mass is 16.5. The van der Waals surface area contributed by atoms with Crippen molar-refractivity contribution in [3.05, 3.63) is 41.5 Å². The van der Waals surface area contributed by atoms with Gasteiger partial charge in [0.05, 0.1) is 37.2 Å². The van der Waals surface area contributed by atoms with Crippen LogP contribution in [0, 0.1) is 11.8 Å². The maximum absolute atomic E-state index is 12.5. The average Bonchev–Trinajstić information content (AvgIpc) is 2.97. The molecule has 1 fully saturated rings. The summed E-state index contributed by atoms with van der Waals surface area (Å²) in [5.41, 5.74) is 0.212. The van der Waals surface area contributed by atoms with E-state index in [4.69, 9.17) is 0 Å². The van der Waals surface area contributed by atoms with Crippen molar-refractivity contribution in [1.29, 1.82) is 0 Å². The molecule has 9 heteroatoms. The lowest BCUT2D eigenvalue weighted by atomic mass is 9.85. The summed E-state index contributed by atoms with van der Waals surface area (Å²) in [7, 11) is 2.37. The van der Waals surface area contributed by atoms with Crippen molar-refractivity contribution in [3.8, 4) is 0 Å². The Hall–Kier alpha value is -3.49. The standard InChI is InChI=1S/C20H20N2O7/c1-28-19(26)11-7-12(20(27)29-2)9-13(8-11)21-16(23)10-22-17(24)14-5-3-4-6-15(14)18(22)25/h3-4,7-9,14-15H,5-6,10H2,1-2H3,(H,21,23). The Kier molecular flexibility index (Phi) is 5.76. The number of likely N-dealkylation sites (tertiary alicyclic amines) is 1. The number of hydrogen-bond acceptors (Lipinski definition) is 7. The summed E-state index contributed by atoms with van der Waals surface area (Å²) < 4.78 is 9.29. The molecule has 152 valence electrons. The second kappa shape index (κ2) is 8.26. The van der Waals surface area contributed by atoms with Crippen molar-refractivity contribution < 1.29 is 33.4 Å². The first-order valence-electron chi connectivity index (χ1n) is 8.97. The van der Waals surface area contributed by atoms with E-state index >= 15 is 0 Å². The monoisotopic (exact) mass is 400 g/mol. The van der Waals surface area contributed by atoms with Gasteiger partial charge in [0.2, 0.25) is 17.7 Å². The maximum Gasteiger partial charge on any atom is 0.337 e. The van der Waals surface area contributed by atoms with Gasteiger partial charge >= 0.3 is 11.9 Å². The number of fused-ring (bicyclic) bond motifs is 1. The predicted molar refractivity (Wildman–Crippen MR) is 99.8 cm³/mol. The molecule has 9 nitrogen and oxygen atoms in total. The van der Waals surface area contributed by atoms with Gasteiger partial charge in [-0.1, -0.05) is 12.2 Å². The van der Waals surface area contributed by atoms with E-state index < -0.39 is 36.2 Å². The van der Waals surface area contributed by atoms with Crippen molar-refractivity contribution in [1.82, 2.24) is 4.90 Å².